The van der Waals surface area contributed by atoms with E-state index in [0.29, 0.717) is 38.7 Å². The fraction of sp³-hybridized carbons (Fsp3) is 0.240. The van der Waals surface area contributed by atoms with Crippen molar-refractivity contribution in [1.82, 2.24) is 4.57 Å². The lowest BCUT2D eigenvalue weighted by molar-refractivity contribution is -0.139. The lowest BCUT2D eigenvalue weighted by atomic mass is 10.0. The Morgan fingerprint density at radius 2 is 2.17 bits per heavy atom. The van der Waals surface area contributed by atoms with Crippen LogP contribution in [-0.4, -0.2) is 30.9 Å². The minimum absolute atomic E-state index is 0.220. The topological polar surface area (TPSA) is 79.1 Å². The molecule has 182 valence electrons. The Morgan fingerprint density at radius 1 is 1.37 bits per heavy atom. The Bertz CT molecular complexity index is 1480. The van der Waals surface area contributed by atoms with E-state index in [0.717, 1.165) is 14.0 Å². The molecule has 1 atom stereocenters. The third kappa shape index (κ3) is 5.00. The molecule has 2 aromatic heterocycles. The number of thiophene rings is 1. The molecule has 3 heterocycles. The lowest BCUT2D eigenvalue weighted by Gasteiger charge is -2.23. The third-order valence-corrected chi connectivity index (χ3v) is 7.93. The van der Waals surface area contributed by atoms with Crippen molar-refractivity contribution in [3.63, 3.8) is 0 Å². The second-order valence-corrected chi connectivity index (χ2v) is 10.6. The van der Waals surface area contributed by atoms with E-state index in [-0.39, 0.29) is 12.2 Å². The van der Waals surface area contributed by atoms with Crippen LogP contribution in [0.15, 0.2) is 63.4 Å². The van der Waals surface area contributed by atoms with Gasteiger partial charge in [0, 0.05) is 4.88 Å². The predicted molar refractivity (Wildman–Crippen MR) is 146 cm³/mol. The summed E-state index contributed by atoms with van der Waals surface area (Å²) < 4.78 is 19.5. The number of rotatable bonds is 8. The number of benzene rings is 1. The molecule has 0 saturated heterocycles. The predicted octanol–water partition coefficient (Wildman–Crippen LogP) is 4.04. The van der Waals surface area contributed by atoms with Gasteiger partial charge >= 0.3 is 5.97 Å². The van der Waals surface area contributed by atoms with Crippen molar-refractivity contribution in [3.8, 4) is 11.5 Å². The first-order valence-electron chi connectivity index (χ1n) is 10.7. The third-order valence-electron chi connectivity index (χ3n) is 5.22. The van der Waals surface area contributed by atoms with Crippen LogP contribution in [0.2, 0.25) is 0 Å². The highest BCUT2D eigenvalue weighted by atomic mass is 127. The summed E-state index contributed by atoms with van der Waals surface area (Å²) in [6.45, 7) is 7.81. The number of hydrogen-bond acceptors (Lipinski definition) is 8. The number of nitrogens with zero attached hydrogens (tertiary/aromatic N) is 2. The first kappa shape index (κ1) is 25.4. The van der Waals surface area contributed by atoms with Crippen LogP contribution in [-0.2, 0) is 9.53 Å². The van der Waals surface area contributed by atoms with Crippen LogP contribution in [0.4, 0.5) is 0 Å². The van der Waals surface area contributed by atoms with Gasteiger partial charge in [0.15, 0.2) is 16.3 Å². The lowest BCUT2D eigenvalue weighted by Crippen LogP contribution is -2.39. The van der Waals surface area contributed by atoms with Gasteiger partial charge in [-0.05, 0) is 71.7 Å². The minimum Gasteiger partial charge on any atom is -0.493 e. The van der Waals surface area contributed by atoms with E-state index in [1.807, 2.05) is 29.6 Å². The van der Waals surface area contributed by atoms with Crippen LogP contribution >= 0.6 is 45.3 Å². The van der Waals surface area contributed by atoms with Gasteiger partial charge in [-0.25, -0.2) is 9.79 Å². The van der Waals surface area contributed by atoms with Crippen LogP contribution in [0.1, 0.15) is 30.3 Å². The van der Waals surface area contributed by atoms with Crippen molar-refractivity contribution in [3.05, 3.63) is 87.3 Å². The summed E-state index contributed by atoms with van der Waals surface area (Å²) in [6.07, 6.45) is 3.47. The van der Waals surface area contributed by atoms with Crippen molar-refractivity contribution in [2.24, 2.45) is 4.99 Å². The molecule has 3 aromatic rings. The molecule has 0 unspecified atom stereocenters. The molecule has 4 rings (SSSR count). The van der Waals surface area contributed by atoms with Gasteiger partial charge in [-0.15, -0.1) is 11.3 Å². The summed E-state index contributed by atoms with van der Waals surface area (Å²) in [7, 11) is 1.57. The molecular formula is C25H23IN2O5S2. The maximum atomic E-state index is 13.6. The minimum atomic E-state index is -0.586. The number of hydrogen-bond donors (Lipinski definition) is 0. The van der Waals surface area contributed by atoms with E-state index < -0.39 is 12.0 Å². The van der Waals surface area contributed by atoms with Gasteiger partial charge in [-0.1, -0.05) is 30.1 Å². The second kappa shape index (κ2) is 10.9. The maximum Gasteiger partial charge on any atom is 0.338 e. The number of methoxy groups -OCH3 is 1. The van der Waals surface area contributed by atoms with Crippen LogP contribution in [0.3, 0.4) is 0 Å². The summed E-state index contributed by atoms with van der Waals surface area (Å²) in [5.41, 5.74) is 1.50. The SMILES string of the molecule is C=CCOc1c(I)cc(/C=c2/sc3n(c2=O)[C@H](c2cccs2)C(C(=O)OCC)=C(C)N=3)cc1OC. The van der Waals surface area contributed by atoms with Gasteiger partial charge in [-0.2, -0.15) is 0 Å². The van der Waals surface area contributed by atoms with Gasteiger partial charge < -0.3 is 14.2 Å². The zero-order valence-electron chi connectivity index (χ0n) is 19.4. The fourth-order valence-corrected chi connectivity index (χ4v) is 6.42. The number of carbonyl (C=O) groups is 1. The van der Waals surface area contributed by atoms with E-state index in [9.17, 15) is 9.59 Å². The standard InChI is InChI=1S/C25H23IN2O5S2/c1-5-9-33-22-16(26)11-15(12-17(22)31-4)13-19-23(29)28-21(18-8-7-10-34-18)20(24(30)32-6-2)14(3)27-25(28)35-19/h5,7-8,10-13,21H,1,6,9H2,2-4H3/b19-13+/t21-/m1/s1. The van der Waals surface area contributed by atoms with Crippen molar-refractivity contribution < 1.29 is 19.0 Å². The molecule has 10 heteroatoms. The molecule has 1 aromatic carbocycles. The quantitative estimate of drug-likeness (QED) is 0.216. The Morgan fingerprint density at radius 3 is 2.83 bits per heavy atom. The zero-order chi connectivity index (χ0) is 25.1. The molecule has 0 aliphatic carbocycles. The molecular weight excluding hydrogens is 599 g/mol. The molecule has 0 fully saturated rings. The van der Waals surface area contributed by atoms with Crippen molar-refractivity contribution in [2.45, 2.75) is 19.9 Å². The molecule has 0 spiro atoms. The van der Waals surface area contributed by atoms with Gasteiger partial charge in [0.05, 0.1) is 33.1 Å². The van der Waals surface area contributed by atoms with E-state index in [4.69, 9.17) is 14.2 Å². The Balaban J connectivity index is 1.87. The highest BCUT2D eigenvalue weighted by Crippen LogP contribution is 2.35. The van der Waals surface area contributed by atoms with Gasteiger partial charge in [0.25, 0.3) is 5.56 Å². The number of ether oxygens (including phenoxy) is 3. The van der Waals surface area contributed by atoms with E-state index >= 15 is 0 Å². The number of allylic oxidation sites excluding steroid dienone is 1. The highest BCUT2D eigenvalue weighted by molar-refractivity contribution is 14.1. The largest absolute Gasteiger partial charge is 0.493 e. The van der Waals surface area contributed by atoms with Gasteiger partial charge in [0.1, 0.15) is 12.6 Å². The molecule has 1 aliphatic rings. The Hall–Kier alpha value is -2.70. The normalized spacial score (nSPS) is 15.4. The van der Waals surface area contributed by atoms with Crippen LogP contribution in [0.25, 0.3) is 6.08 Å². The number of fused-ring (bicyclic) bond motifs is 1. The average Bonchev–Trinajstić information content (AvgIpc) is 3.46. The maximum absolute atomic E-state index is 13.6. The van der Waals surface area contributed by atoms with Crippen LogP contribution in [0, 0.1) is 3.57 Å². The molecule has 1 aliphatic heterocycles. The fourth-order valence-electron chi connectivity index (χ4n) is 3.76. The Kier molecular flexibility index (Phi) is 7.92. The number of aromatic nitrogens is 1. The van der Waals surface area contributed by atoms with E-state index in [2.05, 4.69) is 34.2 Å². The zero-order valence-corrected chi connectivity index (χ0v) is 23.2. The Labute approximate surface area is 223 Å². The average molecular weight is 623 g/mol. The highest BCUT2D eigenvalue weighted by Gasteiger charge is 2.33. The first-order chi connectivity index (χ1) is 16.9. The number of thiazole rings is 1. The van der Waals surface area contributed by atoms with E-state index in [1.165, 1.54) is 22.7 Å². The number of halogens is 1. The summed E-state index contributed by atoms with van der Waals surface area (Å²) in [6, 6.07) is 6.98. The van der Waals surface area contributed by atoms with Crippen molar-refractivity contribution in [2.75, 3.05) is 20.3 Å². The number of carbonyl (C=O) groups excluding carboxylic acids is 1. The number of esters is 1. The summed E-state index contributed by atoms with van der Waals surface area (Å²) >= 11 is 4.95. The monoisotopic (exact) mass is 622 g/mol. The first-order valence-corrected chi connectivity index (χ1v) is 13.5. The van der Waals surface area contributed by atoms with Gasteiger partial charge in [-0.3, -0.25) is 9.36 Å². The molecule has 0 saturated carbocycles. The molecule has 0 N–H and O–H groups in total. The smallest absolute Gasteiger partial charge is 0.338 e. The molecule has 0 radical (unpaired) electrons. The summed E-state index contributed by atoms with van der Waals surface area (Å²) in [5, 5.41) is 1.92. The van der Waals surface area contributed by atoms with Crippen LogP contribution < -0.4 is 24.4 Å². The van der Waals surface area contributed by atoms with Crippen molar-refractivity contribution >= 4 is 57.3 Å². The molecule has 0 amide bonds. The van der Waals surface area contributed by atoms with Gasteiger partial charge in [0.2, 0.25) is 0 Å². The molecule has 35 heavy (non-hydrogen) atoms. The summed E-state index contributed by atoms with van der Waals surface area (Å²) in [5.74, 6) is 0.726. The second-order valence-electron chi connectivity index (χ2n) is 7.45. The molecule has 7 nitrogen and oxygen atoms in total. The molecule has 0 bridgehead atoms. The summed E-state index contributed by atoms with van der Waals surface area (Å²) in [4.78, 5) is 32.5. The van der Waals surface area contributed by atoms with Crippen LogP contribution in [0.5, 0.6) is 11.5 Å². The van der Waals surface area contributed by atoms with E-state index in [1.54, 1.807) is 37.7 Å². The van der Waals surface area contributed by atoms with Crippen molar-refractivity contribution in [1.29, 1.82) is 0 Å².